The van der Waals surface area contributed by atoms with Gasteiger partial charge < -0.3 is 4.42 Å². The molecule has 0 saturated heterocycles. The fourth-order valence-electron chi connectivity index (χ4n) is 2.73. The van der Waals surface area contributed by atoms with Gasteiger partial charge in [0.2, 0.25) is 5.82 Å². The van der Waals surface area contributed by atoms with Gasteiger partial charge in [0, 0.05) is 6.04 Å². The smallest absolute Gasteiger partial charge is 0.416 e. The standard InChI is InChI=1S/C17H14F3N3O2/c18-17(19,20)12-5-3-11(4-6-12)10-22-16(24)23(13-7-8-13)15(21-22)14-2-1-9-25-14/h1-6,9,13H,7-8,10H2. The highest BCUT2D eigenvalue weighted by atomic mass is 19.4. The number of hydrogen-bond donors (Lipinski definition) is 0. The van der Waals surface area contributed by atoms with Gasteiger partial charge in [0.05, 0.1) is 18.4 Å². The third kappa shape index (κ3) is 2.99. The molecule has 0 aliphatic heterocycles. The van der Waals surface area contributed by atoms with E-state index in [1.54, 1.807) is 16.7 Å². The molecule has 0 radical (unpaired) electrons. The molecule has 1 aliphatic carbocycles. The number of nitrogens with zero attached hydrogens (tertiary/aromatic N) is 3. The highest BCUT2D eigenvalue weighted by molar-refractivity contribution is 5.46. The molecule has 0 spiro atoms. The lowest BCUT2D eigenvalue weighted by Crippen LogP contribution is -2.25. The fraction of sp³-hybridized carbons (Fsp3) is 0.294. The van der Waals surface area contributed by atoms with Crippen LogP contribution in [0, 0.1) is 0 Å². The Morgan fingerprint density at radius 3 is 2.44 bits per heavy atom. The van der Waals surface area contributed by atoms with E-state index in [2.05, 4.69) is 5.10 Å². The Bertz CT molecular complexity index is 933. The van der Waals surface area contributed by atoms with Crippen LogP contribution < -0.4 is 5.69 Å². The topological polar surface area (TPSA) is 53.0 Å². The van der Waals surface area contributed by atoms with Crippen LogP contribution >= 0.6 is 0 Å². The number of furan rings is 1. The maximum Gasteiger partial charge on any atom is 0.416 e. The summed E-state index contributed by atoms with van der Waals surface area (Å²) >= 11 is 0. The third-order valence-corrected chi connectivity index (χ3v) is 4.14. The van der Waals surface area contributed by atoms with Crippen LogP contribution in [-0.4, -0.2) is 14.3 Å². The maximum absolute atomic E-state index is 12.6. The molecule has 2 aromatic heterocycles. The van der Waals surface area contributed by atoms with Gasteiger partial charge in [0.25, 0.3) is 0 Å². The Morgan fingerprint density at radius 2 is 1.88 bits per heavy atom. The summed E-state index contributed by atoms with van der Waals surface area (Å²) in [5.74, 6) is 0.944. The van der Waals surface area contributed by atoms with Crippen LogP contribution in [0.25, 0.3) is 11.6 Å². The van der Waals surface area contributed by atoms with E-state index in [0.29, 0.717) is 17.1 Å². The number of alkyl halides is 3. The Balaban J connectivity index is 1.67. The van der Waals surface area contributed by atoms with Crippen molar-refractivity contribution in [3.8, 4) is 11.6 Å². The molecule has 1 aromatic carbocycles. The van der Waals surface area contributed by atoms with Crippen molar-refractivity contribution in [2.75, 3.05) is 0 Å². The molecule has 5 nitrogen and oxygen atoms in total. The van der Waals surface area contributed by atoms with E-state index in [0.717, 1.165) is 25.0 Å². The van der Waals surface area contributed by atoms with Gasteiger partial charge in [0.1, 0.15) is 0 Å². The van der Waals surface area contributed by atoms with Gasteiger partial charge in [-0.25, -0.2) is 9.48 Å². The average Bonchev–Trinajstić information content (AvgIpc) is 3.15. The van der Waals surface area contributed by atoms with Crippen LogP contribution in [0.3, 0.4) is 0 Å². The molecule has 0 atom stereocenters. The van der Waals surface area contributed by atoms with Crippen molar-refractivity contribution >= 4 is 0 Å². The molecule has 2 heterocycles. The number of aromatic nitrogens is 3. The van der Waals surface area contributed by atoms with Crippen LogP contribution in [0.15, 0.2) is 51.9 Å². The average molecular weight is 349 g/mol. The van der Waals surface area contributed by atoms with Crippen molar-refractivity contribution < 1.29 is 17.6 Å². The number of halogens is 3. The molecule has 4 rings (SSSR count). The number of hydrogen-bond acceptors (Lipinski definition) is 3. The van der Waals surface area contributed by atoms with E-state index in [-0.39, 0.29) is 18.3 Å². The molecule has 1 fully saturated rings. The van der Waals surface area contributed by atoms with E-state index >= 15 is 0 Å². The minimum Gasteiger partial charge on any atom is -0.461 e. The second-order valence-corrected chi connectivity index (χ2v) is 6.04. The van der Waals surface area contributed by atoms with Gasteiger partial charge >= 0.3 is 11.9 Å². The van der Waals surface area contributed by atoms with E-state index in [4.69, 9.17) is 4.42 Å². The van der Waals surface area contributed by atoms with E-state index < -0.39 is 11.7 Å². The summed E-state index contributed by atoms with van der Waals surface area (Å²) in [6, 6.07) is 8.27. The van der Waals surface area contributed by atoms with Crippen LogP contribution in [-0.2, 0) is 12.7 Å². The van der Waals surface area contributed by atoms with Crippen molar-refractivity contribution in [1.29, 1.82) is 0 Å². The minimum absolute atomic E-state index is 0.102. The lowest BCUT2D eigenvalue weighted by molar-refractivity contribution is -0.137. The van der Waals surface area contributed by atoms with E-state index in [1.807, 2.05) is 0 Å². The number of rotatable bonds is 4. The molecule has 1 aliphatic rings. The summed E-state index contributed by atoms with van der Waals surface area (Å²) in [6.45, 7) is 0.102. The molecule has 25 heavy (non-hydrogen) atoms. The number of benzene rings is 1. The van der Waals surface area contributed by atoms with Crippen LogP contribution in [0.4, 0.5) is 13.2 Å². The van der Waals surface area contributed by atoms with Gasteiger partial charge in [-0.05, 0) is 42.7 Å². The highest BCUT2D eigenvalue weighted by Crippen LogP contribution is 2.36. The molecule has 0 N–H and O–H groups in total. The van der Waals surface area contributed by atoms with E-state index in [9.17, 15) is 18.0 Å². The normalized spacial score (nSPS) is 14.8. The molecular weight excluding hydrogens is 335 g/mol. The van der Waals surface area contributed by atoms with Crippen molar-refractivity contribution in [3.05, 3.63) is 64.3 Å². The van der Waals surface area contributed by atoms with Crippen molar-refractivity contribution in [1.82, 2.24) is 14.3 Å². The lowest BCUT2D eigenvalue weighted by atomic mass is 10.1. The van der Waals surface area contributed by atoms with Crippen molar-refractivity contribution in [3.63, 3.8) is 0 Å². The van der Waals surface area contributed by atoms with E-state index in [1.165, 1.54) is 23.1 Å². The largest absolute Gasteiger partial charge is 0.461 e. The SMILES string of the molecule is O=c1n(Cc2ccc(C(F)(F)F)cc2)nc(-c2ccco2)n1C1CC1. The highest BCUT2D eigenvalue weighted by Gasteiger charge is 2.32. The fourth-order valence-corrected chi connectivity index (χ4v) is 2.73. The first kappa shape index (κ1) is 15.7. The van der Waals surface area contributed by atoms with Crippen LogP contribution in [0.1, 0.15) is 30.0 Å². The predicted octanol–water partition coefficient (Wildman–Crippen LogP) is 3.71. The molecule has 1 saturated carbocycles. The van der Waals surface area contributed by atoms with Gasteiger partial charge in [-0.15, -0.1) is 5.10 Å². The van der Waals surface area contributed by atoms with Crippen LogP contribution in [0.2, 0.25) is 0 Å². The second kappa shape index (κ2) is 5.65. The molecule has 8 heteroatoms. The summed E-state index contributed by atoms with van der Waals surface area (Å²) in [5.41, 5.74) is -0.432. The zero-order valence-corrected chi connectivity index (χ0v) is 13.0. The second-order valence-electron chi connectivity index (χ2n) is 6.04. The molecule has 130 valence electrons. The van der Waals surface area contributed by atoms with Crippen molar-refractivity contribution in [2.45, 2.75) is 31.6 Å². The minimum atomic E-state index is -4.38. The summed E-state index contributed by atoms with van der Waals surface area (Å²) in [6.07, 6.45) is -1.07. The van der Waals surface area contributed by atoms with Gasteiger partial charge in [-0.3, -0.25) is 4.57 Å². The molecule has 0 bridgehead atoms. The lowest BCUT2D eigenvalue weighted by Gasteiger charge is -2.07. The summed E-state index contributed by atoms with van der Waals surface area (Å²) in [4.78, 5) is 12.6. The van der Waals surface area contributed by atoms with Crippen LogP contribution in [0.5, 0.6) is 0 Å². The Hall–Kier alpha value is -2.77. The van der Waals surface area contributed by atoms with Crippen molar-refractivity contribution in [2.24, 2.45) is 0 Å². The third-order valence-electron chi connectivity index (χ3n) is 4.14. The first-order chi connectivity index (χ1) is 11.9. The Morgan fingerprint density at radius 1 is 1.16 bits per heavy atom. The summed E-state index contributed by atoms with van der Waals surface area (Å²) in [7, 11) is 0. The zero-order valence-electron chi connectivity index (χ0n) is 13.0. The monoisotopic (exact) mass is 349 g/mol. The predicted molar refractivity (Wildman–Crippen MR) is 83.0 cm³/mol. The first-order valence-corrected chi connectivity index (χ1v) is 7.83. The maximum atomic E-state index is 12.6. The summed E-state index contributed by atoms with van der Waals surface area (Å²) in [5, 5.41) is 4.33. The Kier molecular flexibility index (Phi) is 3.55. The Labute approximate surface area is 140 Å². The quantitative estimate of drug-likeness (QED) is 0.722. The zero-order chi connectivity index (χ0) is 17.6. The van der Waals surface area contributed by atoms with Gasteiger partial charge in [-0.2, -0.15) is 13.2 Å². The molecule has 3 aromatic rings. The molecule has 0 unspecified atom stereocenters. The molecular formula is C17H14F3N3O2. The summed E-state index contributed by atoms with van der Waals surface area (Å²) < 4.78 is 46.1. The van der Waals surface area contributed by atoms with Gasteiger partial charge in [0.15, 0.2) is 5.76 Å². The molecule has 0 amide bonds. The van der Waals surface area contributed by atoms with Gasteiger partial charge in [-0.1, -0.05) is 12.1 Å². The first-order valence-electron chi connectivity index (χ1n) is 7.83.